The number of ether oxygens (including phenoxy) is 6. The van der Waals surface area contributed by atoms with Gasteiger partial charge in [0.1, 0.15) is 34.5 Å². The Bertz CT molecular complexity index is 1990. The summed E-state index contributed by atoms with van der Waals surface area (Å²) in [6, 6.07) is 13.1. The third kappa shape index (κ3) is 17.1. The highest BCUT2D eigenvalue weighted by Gasteiger charge is 2.25. The summed E-state index contributed by atoms with van der Waals surface area (Å²) in [4.78, 5) is 52.5. The van der Waals surface area contributed by atoms with Gasteiger partial charge in [0.2, 0.25) is 0 Å². The van der Waals surface area contributed by atoms with E-state index in [9.17, 15) is 29.7 Å². The molecule has 1 aromatic heterocycles. The lowest BCUT2D eigenvalue weighted by Gasteiger charge is -2.18. The van der Waals surface area contributed by atoms with Gasteiger partial charge in [-0.25, -0.2) is 29.3 Å². The maximum absolute atomic E-state index is 12.9. The number of aromatic nitrogens is 3. The normalized spacial score (nSPS) is 13.9. The molecule has 15 nitrogen and oxygen atoms in total. The molecule has 4 rings (SSSR count). The van der Waals surface area contributed by atoms with Crippen LogP contribution >= 0.6 is 0 Å². The molecule has 0 saturated heterocycles. The van der Waals surface area contributed by atoms with E-state index < -0.39 is 36.2 Å². The number of carbonyl (C=O) groups is 3. The van der Waals surface area contributed by atoms with Crippen LogP contribution < -0.4 is 14.2 Å². The standard InChI is InChI=1S/C54H75N3O12/c1-10-16-19-37(13-4)31-64-52(61)34(7)67-40-22-25-43(46(58)28-40)49-55-50(44-26-23-41(29-47(44)59)68-35(8)53(62)65-32-38(14-5)20-17-11-2)57-51(56-49)45-27-24-42(30-48(45)60)69-36(9)54(63)66-33-39(15-6)21-18-12-3/h22-30,34-39,58-60H,10-21,31-33H2,1-9H3. The topological polar surface area (TPSA) is 206 Å². The third-order valence-corrected chi connectivity index (χ3v) is 12.2. The minimum absolute atomic E-state index is 0.0370. The number of rotatable bonds is 30. The van der Waals surface area contributed by atoms with Crippen LogP contribution in [0.4, 0.5) is 0 Å². The van der Waals surface area contributed by atoms with Crippen molar-refractivity contribution < 1.29 is 58.1 Å². The minimum Gasteiger partial charge on any atom is -0.507 e. The van der Waals surface area contributed by atoms with Gasteiger partial charge < -0.3 is 43.7 Å². The van der Waals surface area contributed by atoms with Crippen LogP contribution in [0.3, 0.4) is 0 Å². The van der Waals surface area contributed by atoms with Crippen LogP contribution in [0.2, 0.25) is 0 Å². The number of benzene rings is 3. The van der Waals surface area contributed by atoms with Crippen molar-refractivity contribution in [1.29, 1.82) is 0 Å². The van der Waals surface area contributed by atoms with E-state index in [-0.39, 0.29) is 86.4 Å². The molecule has 1 heterocycles. The number of nitrogens with zero attached hydrogens (tertiary/aromatic N) is 3. The van der Waals surface area contributed by atoms with E-state index in [1.54, 1.807) is 39.0 Å². The second-order valence-electron chi connectivity index (χ2n) is 17.8. The molecule has 6 atom stereocenters. The molecule has 69 heavy (non-hydrogen) atoms. The summed E-state index contributed by atoms with van der Waals surface area (Å²) in [6.07, 6.45) is 9.03. The quantitative estimate of drug-likeness (QED) is 0.0328. The first kappa shape index (κ1) is 55.5. The largest absolute Gasteiger partial charge is 0.507 e. The van der Waals surface area contributed by atoms with E-state index in [4.69, 9.17) is 28.4 Å². The molecule has 15 heteroatoms. The van der Waals surface area contributed by atoms with Crippen molar-refractivity contribution in [2.45, 2.75) is 158 Å². The Labute approximate surface area is 408 Å². The van der Waals surface area contributed by atoms with Crippen LogP contribution in [-0.2, 0) is 28.6 Å². The lowest BCUT2D eigenvalue weighted by molar-refractivity contribution is -0.153. The van der Waals surface area contributed by atoms with Crippen LogP contribution in [0.5, 0.6) is 34.5 Å². The van der Waals surface area contributed by atoms with Gasteiger partial charge in [0.05, 0.1) is 36.5 Å². The van der Waals surface area contributed by atoms with Crippen molar-refractivity contribution in [3.63, 3.8) is 0 Å². The number of hydrogen-bond donors (Lipinski definition) is 3. The van der Waals surface area contributed by atoms with Gasteiger partial charge in [0.15, 0.2) is 35.8 Å². The van der Waals surface area contributed by atoms with Gasteiger partial charge in [-0.3, -0.25) is 0 Å². The second-order valence-corrected chi connectivity index (χ2v) is 17.8. The van der Waals surface area contributed by atoms with E-state index in [1.807, 2.05) is 0 Å². The molecule has 0 aliphatic carbocycles. The highest BCUT2D eigenvalue weighted by atomic mass is 16.6. The van der Waals surface area contributed by atoms with Gasteiger partial charge in [0.25, 0.3) is 0 Å². The van der Waals surface area contributed by atoms with E-state index in [2.05, 4.69) is 56.5 Å². The summed E-state index contributed by atoms with van der Waals surface area (Å²) in [6.45, 7) is 18.2. The van der Waals surface area contributed by atoms with Crippen LogP contribution in [0.25, 0.3) is 34.2 Å². The van der Waals surface area contributed by atoms with Crippen molar-refractivity contribution in [2.75, 3.05) is 19.8 Å². The molecule has 0 aliphatic heterocycles. The van der Waals surface area contributed by atoms with Crippen molar-refractivity contribution in [3.8, 4) is 68.7 Å². The van der Waals surface area contributed by atoms with E-state index in [0.29, 0.717) is 19.8 Å². The Kier molecular flexibility index (Phi) is 22.8. The predicted octanol–water partition coefficient (Wildman–Crippen LogP) is 11.6. The highest BCUT2D eigenvalue weighted by Crippen LogP contribution is 2.38. The average molecular weight is 958 g/mol. The monoisotopic (exact) mass is 958 g/mol. The Morgan fingerprint density at radius 1 is 0.449 bits per heavy atom. The van der Waals surface area contributed by atoms with E-state index in [1.165, 1.54) is 36.4 Å². The third-order valence-electron chi connectivity index (χ3n) is 12.2. The number of phenolic OH excluding ortho intramolecular Hbond substituents is 3. The summed E-state index contributed by atoms with van der Waals surface area (Å²) in [7, 11) is 0. The average Bonchev–Trinajstić information content (AvgIpc) is 3.33. The van der Waals surface area contributed by atoms with Gasteiger partial charge in [-0.05, 0) is 94.2 Å². The molecule has 3 aromatic carbocycles. The molecular formula is C54H75N3O12. The molecular weight excluding hydrogens is 883 g/mol. The first-order valence-electron chi connectivity index (χ1n) is 24.9. The van der Waals surface area contributed by atoms with Gasteiger partial charge in [-0.2, -0.15) is 0 Å². The van der Waals surface area contributed by atoms with Crippen LogP contribution in [0.15, 0.2) is 54.6 Å². The Morgan fingerprint density at radius 2 is 0.710 bits per heavy atom. The molecule has 4 aromatic rings. The number of carbonyl (C=O) groups excluding carboxylic acids is 3. The molecule has 0 radical (unpaired) electrons. The number of aromatic hydroxyl groups is 3. The number of phenols is 3. The lowest BCUT2D eigenvalue weighted by Crippen LogP contribution is -2.28. The summed E-state index contributed by atoms with van der Waals surface area (Å²) >= 11 is 0. The Morgan fingerprint density at radius 3 is 0.928 bits per heavy atom. The second kappa shape index (κ2) is 28.4. The molecule has 378 valence electrons. The smallest absolute Gasteiger partial charge is 0.347 e. The molecule has 6 unspecified atom stereocenters. The first-order valence-corrected chi connectivity index (χ1v) is 24.9. The van der Waals surface area contributed by atoms with Crippen molar-refractivity contribution >= 4 is 17.9 Å². The SMILES string of the molecule is CCCCC(CC)COC(=O)C(C)Oc1ccc(-c2nc(-c3ccc(OC(C)C(=O)OCC(CC)CCCC)cc3O)nc(-c3ccc(OC(C)C(=O)OCC(CC)CCCC)cc3O)n2)c(O)c1. The fourth-order valence-electron chi connectivity index (χ4n) is 7.46. The van der Waals surface area contributed by atoms with Crippen molar-refractivity contribution in [1.82, 2.24) is 15.0 Å². The summed E-state index contributed by atoms with van der Waals surface area (Å²) in [5, 5.41) is 34.2. The van der Waals surface area contributed by atoms with Gasteiger partial charge in [0, 0.05) is 18.2 Å². The van der Waals surface area contributed by atoms with Gasteiger partial charge >= 0.3 is 17.9 Å². The fourth-order valence-corrected chi connectivity index (χ4v) is 7.46. The van der Waals surface area contributed by atoms with Crippen LogP contribution in [0, 0.1) is 17.8 Å². The summed E-state index contributed by atoms with van der Waals surface area (Å²) in [5.74, 6) is -1.22. The molecule has 0 spiro atoms. The molecule has 0 saturated carbocycles. The van der Waals surface area contributed by atoms with E-state index >= 15 is 0 Å². The highest BCUT2D eigenvalue weighted by molar-refractivity contribution is 5.77. The zero-order valence-electron chi connectivity index (χ0n) is 42.1. The van der Waals surface area contributed by atoms with Gasteiger partial charge in [-0.1, -0.05) is 99.3 Å². The zero-order chi connectivity index (χ0) is 50.5. The maximum Gasteiger partial charge on any atom is 0.347 e. The van der Waals surface area contributed by atoms with Crippen molar-refractivity contribution in [3.05, 3.63) is 54.6 Å². The molecule has 0 fully saturated rings. The summed E-state index contributed by atoms with van der Waals surface area (Å²) < 4.78 is 34.3. The fraction of sp³-hybridized carbons (Fsp3) is 0.556. The van der Waals surface area contributed by atoms with E-state index in [0.717, 1.165) is 77.0 Å². The lowest BCUT2D eigenvalue weighted by atomic mass is 10.0. The minimum atomic E-state index is -0.964. The Balaban J connectivity index is 1.63. The Hall–Kier alpha value is -6.12. The predicted molar refractivity (Wildman–Crippen MR) is 264 cm³/mol. The number of hydrogen-bond acceptors (Lipinski definition) is 15. The molecule has 0 bridgehead atoms. The summed E-state index contributed by atoms with van der Waals surface area (Å²) in [5.41, 5.74) is 0.424. The zero-order valence-corrected chi connectivity index (χ0v) is 42.1. The maximum atomic E-state index is 12.9. The number of unbranched alkanes of at least 4 members (excludes halogenated alkanes) is 3. The first-order chi connectivity index (χ1) is 33.1. The van der Waals surface area contributed by atoms with Crippen molar-refractivity contribution in [2.24, 2.45) is 17.8 Å². The van der Waals surface area contributed by atoms with Crippen LogP contribution in [-0.4, -0.2) is 86.3 Å². The molecule has 3 N–H and O–H groups in total. The number of esters is 3. The van der Waals surface area contributed by atoms with Crippen LogP contribution in [0.1, 0.15) is 139 Å². The molecule has 0 aliphatic rings. The van der Waals surface area contributed by atoms with Gasteiger partial charge in [-0.15, -0.1) is 0 Å². The molecule has 0 amide bonds.